The minimum Gasteiger partial charge on any atom is -0.494 e. The maximum Gasteiger partial charge on any atom is 0.226 e. The van der Waals surface area contributed by atoms with Crippen molar-refractivity contribution < 1.29 is 14.3 Å². The predicted molar refractivity (Wildman–Crippen MR) is 110 cm³/mol. The molecule has 0 radical (unpaired) electrons. The number of benzene rings is 2. The van der Waals surface area contributed by atoms with E-state index in [1.807, 2.05) is 57.2 Å². The summed E-state index contributed by atoms with van der Waals surface area (Å²) in [6, 6.07) is 11.0. The van der Waals surface area contributed by atoms with E-state index in [4.69, 9.17) is 16.3 Å². The number of nitrogens with zero attached hydrogens (tertiary/aromatic N) is 1. The van der Waals surface area contributed by atoms with Gasteiger partial charge in [-0.15, -0.1) is 0 Å². The van der Waals surface area contributed by atoms with E-state index in [2.05, 4.69) is 5.32 Å². The number of hydrogen-bond acceptors (Lipinski definition) is 3. The highest BCUT2D eigenvalue weighted by atomic mass is 35.5. The lowest BCUT2D eigenvalue weighted by Gasteiger charge is -2.21. The van der Waals surface area contributed by atoms with Gasteiger partial charge in [-0.25, -0.2) is 0 Å². The Hall–Kier alpha value is -2.53. The first-order valence-corrected chi connectivity index (χ1v) is 9.27. The van der Waals surface area contributed by atoms with E-state index in [-0.39, 0.29) is 24.8 Å². The van der Waals surface area contributed by atoms with E-state index in [1.165, 1.54) is 6.92 Å². The molecule has 0 aromatic heterocycles. The number of carbonyl (C=O) groups excluding carboxylic acids is 2. The number of halogens is 1. The molecule has 27 heavy (non-hydrogen) atoms. The molecule has 0 bridgehead atoms. The average Bonchev–Trinajstić information content (AvgIpc) is 2.59. The van der Waals surface area contributed by atoms with Gasteiger partial charge in [0.05, 0.1) is 17.3 Å². The fourth-order valence-electron chi connectivity index (χ4n) is 2.85. The number of anilines is 2. The first-order valence-electron chi connectivity index (χ1n) is 8.89. The molecular formula is C21H25ClN2O3. The van der Waals surface area contributed by atoms with Crippen molar-refractivity contribution >= 4 is 34.8 Å². The van der Waals surface area contributed by atoms with Crippen LogP contribution in [0.3, 0.4) is 0 Å². The van der Waals surface area contributed by atoms with E-state index in [0.717, 1.165) is 22.6 Å². The predicted octanol–water partition coefficient (Wildman–Crippen LogP) is 4.74. The summed E-state index contributed by atoms with van der Waals surface area (Å²) in [7, 11) is 0. The summed E-state index contributed by atoms with van der Waals surface area (Å²) in [4.78, 5) is 26.0. The highest BCUT2D eigenvalue weighted by molar-refractivity contribution is 6.34. The van der Waals surface area contributed by atoms with Crippen LogP contribution in [0.15, 0.2) is 36.4 Å². The monoisotopic (exact) mass is 388 g/mol. The van der Waals surface area contributed by atoms with Crippen LogP contribution in [-0.2, 0) is 9.59 Å². The van der Waals surface area contributed by atoms with Crippen molar-refractivity contribution in [2.45, 2.75) is 34.1 Å². The Morgan fingerprint density at radius 1 is 1.15 bits per heavy atom. The van der Waals surface area contributed by atoms with Crippen molar-refractivity contribution in [1.29, 1.82) is 0 Å². The van der Waals surface area contributed by atoms with E-state index < -0.39 is 0 Å². The topological polar surface area (TPSA) is 58.6 Å². The van der Waals surface area contributed by atoms with Gasteiger partial charge in [0.1, 0.15) is 5.75 Å². The zero-order chi connectivity index (χ0) is 20.0. The maximum atomic E-state index is 12.4. The van der Waals surface area contributed by atoms with Gasteiger partial charge < -0.3 is 15.0 Å². The molecule has 1 N–H and O–H groups in total. The van der Waals surface area contributed by atoms with Crippen LogP contribution in [0, 0.1) is 13.8 Å². The maximum absolute atomic E-state index is 12.4. The second-order valence-electron chi connectivity index (χ2n) is 6.33. The molecule has 0 spiro atoms. The van der Waals surface area contributed by atoms with Crippen LogP contribution < -0.4 is 15.0 Å². The van der Waals surface area contributed by atoms with Gasteiger partial charge in [0.2, 0.25) is 11.8 Å². The molecule has 144 valence electrons. The van der Waals surface area contributed by atoms with Crippen LogP contribution in [0.1, 0.15) is 31.4 Å². The molecule has 2 aromatic rings. The number of ether oxygens (including phenoxy) is 1. The van der Waals surface area contributed by atoms with Crippen LogP contribution in [0.4, 0.5) is 11.4 Å². The van der Waals surface area contributed by atoms with Gasteiger partial charge >= 0.3 is 0 Å². The molecule has 5 nitrogen and oxygen atoms in total. The molecule has 2 amide bonds. The largest absolute Gasteiger partial charge is 0.494 e. The van der Waals surface area contributed by atoms with Crippen molar-refractivity contribution in [3.63, 3.8) is 0 Å². The van der Waals surface area contributed by atoms with Gasteiger partial charge in [0.25, 0.3) is 0 Å². The number of nitrogens with one attached hydrogen (secondary N) is 1. The molecule has 0 unspecified atom stereocenters. The SMILES string of the molecule is CCOc1ccc(N(CCC(=O)Nc2c(C)cc(C)cc2Cl)C(C)=O)cc1. The summed E-state index contributed by atoms with van der Waals surface area (Å²) >= 11 is 6.24. The molecule has 0 aliphatic heterocycles. The molecule has 0 heterocycles. The van der Waals surface area contributed by atoms with Gasteiger partial charge in [-0.1, -0.05) is 17.7 Å². The number of amides is 2. The van der Waals surface area contributed by atoms with Crippen LogP contribution >= 0.6 is 11.6 Å². The summed E-state index contributed by atoms with van der Waals surface area (Å²) in [6.45, 7) is 8.10. The second-order valence-corrected chi connectivity index (χ2v) is 6.74. The first-order chi connectivity index (χ1) is 12.8. The van der Waals surface area contributed by atoms with Gasteiger partial charge in [0, 0.05) is 25.6 Å². The Balaban J connectivity index is 2.03. The smallest absolute Gasteiger partial charge is 0.226 e. The van der Waals surface area contributed by atoms with Crippen molar-refractivity contribution in [3.05, 3.63) is 52.5 Å². The second kappa shape index (κ2) is 9.42. The Morgan fingerprint density at radius 2 is 1.81 bits per heavy atom. The van der Waals surface area contributed by atoms with Gasteiger partial charge in [0.15, 0.2) is 0 Å². The van der Waals surface area contributed by atoms with Crippen LogP contribution in [0.25, 0.3) is 0 Å². The zero-order valence-corrected chi connectivity index (χ0v) is 16.9. The molecule has 0 aliphatic carbocycles. The highest BCUT2D eigenvalue weighted by Crippen LogP contribution is 2.27. The Labute approximate surface area is 165 Å². The molecule has 2 aromatic carbocycles. The average molecular weight is 389 g/mol. The van der Waals surface area contributed by atoms with E-state index in [9.17, 15) is 9.59 Å². The molecule has 0 aliphatic rings. The Morgan fingerprint density at radius 3 is 2.37 bits per heavy atom. The van der Waals surface area contributed by atoms with Crippen LogP contribution in [0.5, 0.6) is 5.75 Å². The molecule has 6 heteroatoms. The minimum absolute atomic E-state index is 0.128. The fourth-order valence-corrected chi connectivity index (χ4v) is 3.22. The summed E-state index contributed by atoms with van der Waals surface area (Å²) < 4.78 is 5.42. The number of hydrogen-bond donors (Lipinski definition) is 1. The number of rotatable bonds is 7. The number of carbonyl (C=O) groups is 2. The lowest BCUT2D eigenvalue weighted by molar-refractivity contribution is -0.117. The molecule has 0 fully saturated rings. The zero-order valence-electron chi connectivity index (χ0n) is 16.1. The number of aryl methyl sites for hydroxylation is 2. The van der Waals surface area contributed by atoms with Crippen molar-refractivity contribution in [2.24, 2.45) is 0 Å². The van der Waals surface area contributed by atoms with Gasteiger partial charge in [-0.3, -0.25) is 9.59 Å². The van der Waals surface area contributed by atoms with Crippen LogP contribution in [-0.4, -0.2) is 25.0 Å². The van der Waals surface area contributed by atoms with Crippen molar-refractivity contribution in [3.8, 4) is 5.75 Å². The Kier molecular flexibility index (Phi) is 7.25. The third kappa shape index (κ3) is 5.73. The van der Waals surface area contributed by atoms with E-state index in [1.54, 1.807) is 4.90 Å². The van der Waals surface area contributed by atoms with Gasteiger partial charge in [-0.2, -0.15) is 0 Å². The minimum atomic E-state index is -0.193. The summed E-state index contributed by atoms with van der Waals surface area (Å²) in [5.74, 6) is 0.421. The molecule has 0 saturated carbocycles. The van der Waals surface area contributed by atoms with Crippen molar-refractivity contribution in [1.82, 2.24) is 0 Å². The molecule has 0 atom stereocenters. The summed E-state index contributed by atoms with van der Waals surface area (Å²) in [6.07, 6.45) is 0.163. The summed E-state index contributed by atoms with van der Waals surface area (Å²) in [5.41, 5.74) is 3.28. The lowest BCUT2D eigenvalue weighted by Crippen LogP contribution is -2.32. The summed E-state index contributed by atoms with van der Waals surface area (Å²) in [5, 5.41) is 3.36. The lowest BCUT2D eigenvalue weighted by atomic mass is 10.1. The van der Waals surface area contributed by atoms with Gasteiger partial charge in [-0.05, 0) is 62.2 Å². The third-order valence-electron chi connectivity index (χ3n) is 4.10. The molecule has 2 rings (SSSR count). The first kappa shape index (κ1) is 20.8. The molecular weight excluding hydrogens is 364 g/mol. The van der Waals surface area contributed by atoms with E-state index >= 15 is 0 Å². The standard InChI is InChI=1S/C21H25ClN2O3/c1-5-27-18-8-6-17(7-9-18)24(16(4)25)11-10-20(26)23-21-15(3)12-14(2)13-19(21)22/h6-9,12-13H,5,10-11H2,1-4H3,(H,23,26). The van der Waals surface area contributed by atoms with Crippen LogP contribution in [0.2, 0.25) is 5.02 Å². The Bertz CT molecular complexity index is 796. The quantitative estimate of drug-likeness (QED) is 0.745. The van der Waals surface area contributed by atoms with E-state index in [0.29, 0.717) is 17.3 Å². The highest BCUT2D eigenvalue weighted by Gasteiger charge is 2.15. The molecule has 0 saturated heterocycles. The van der Waals surface area contributed by atoms with Crippen molar-refractivity contribution in [2.75, 3.05) is 23.4 Å². The third-order valence-corrected chi connectivity index (χ3v) is 4.40. The fraction of sp³-hybridized carbons (Fsp3) is 0.333. The normalized spacial score (nSPS) is 10.4.